The van der Waals surface area contributed by atoms with Crippen molar-refractivity contribution in [3.8, 4) is 0 Å². The molecule has 1 heterocycles. The fraction of sp³-hybridized carbons (Fsp3) is 0.467. The van der Waals surface area contributed by atoms with Crippen LogP contribution >= 0.6 is 0 Å². The van der Waals surface area contributed by atoms with Gasteiger partial charge in [0.1, 0.15) is 5.82 Å². The number of piperidine rings is 1. The molecule has 0 radical (unpaired) electrons. The third-order valence-electron chi connectivity index (χ3n) is 3.55. The van der Waals surface area contributed by atoms with Crippen LogP contribution in [0.1, 0.15) is 19.8 Å². The third kappa shape index (κ3) is 4.61. The van der Waals surface area contributed by atoms with E-state index >= 15 is 0 Å². The highest BCUT2D eigenvalue weighted by Gasteiger charge is 2.23. The fourth-order valence-electron chi connectivity index (χ4n) is 2.38. The summed E-state index contributed by atoms with van der Waals surface area (Å²) in [7, 11) is 0. The number of halogens is 1. The first-order valence-corrected chi connectivity index (χ1v) is 7.44. The molecular formula is C15H21FN4O2. The number of likely N-dealkylation sites (tertiary alicyclic amines) is 1. The highest BCUT2D eigenvalue weighted by molar-refractivity contribution is 5.89. The number of urea groups is 2. The molecular weight excluding hydrogens is 287 g/mol. The molecule has 0 aromatic heterocycles. The van der Waals surface area contributed by atoms with E-state index in [9.17, 15) is 14.0 Å². The highest BCUT2D eigenvalue weighted by atomic mass is 19.1. The largest absolute Gasteiger partial charge is 0.338 e. The molecule has 4 amide bonds. The van der Waals surface area contributed by atoms with Crippen molar-refractivity contribution < 1.29 is 14.0 Å². The van der Waals surface area contributed by atoms with Crippen LogP contribution in [0.4, 0.5) is 19.7 Å². The minimum Gasteiger partial charge on any atom is -0.338 e. The normalized spacial score (nSPS) is 15.3. The van der Waals surface area contributed by atoms with Crippen LogP contribution in [0, 0.1) is 5.82 Å². The lowest BCUT2D eigenvalue weighted by Crippen LogP contribution is -2.50. The summed E-state index contributed by atoms with van der Waals surface area (Å²) in [6, 6.07) is 5.26. The molecule has 3 N–H and O–H groups in total. The molecule has 7 heteroatoms. The van der Waals surface area contributed by atoms with Gasteiger partial charge in [-0.2, -0.15) is 0 Å². The molecule has 1 aromatic rings. The van der Waals surface area contributed by atoms with Crippen molar-refractivity contribution in [2.24, 2.45) is 0 Å². The highest BCUT2D eigenvalue weighted by Crippen LogP contribution is 2.12. The summed E-state index contributed by atoms with van der Waals surface area (Å²) in [6.07, 6.45) is 1.43. The van der Waals surface area contributed by atoms with Gasteiger partial charge < -0.3 is 20.9 Å². The SMILES string of the molecule is CCNC(=O)N1CCC(NC(=O)Nc2ccc(F)cc2)CC1. The molecule has 1 fully saturated rings. The zero-order chi connectivity index (χ0) is 15.9. The summed E-state index contributed by atoms with van der Waals surface area (Å²) in [5, 5.41) is 8.30. The molecule has 0 atom stereocenters. The fourth-order valence-corrected chi connectivity index (χ4v) is 2.38. The van der Waals surface area contributed by atoms with E-state index in [0.717, 1.165) is 0 Å². The summed E-state index contributed by atoms with van der Waals surface area (Å²) in [4.78, 5) is 25.3. The molecule has 2 rings (SSSR count). The number of rotatable bonds is 3. The van der Waals surface area contributed by atoms with E-state index in [-0.39, 0.29) is 23.9 Å². The van der Waals surface area contributed by atoms with Crippen molar-refractivity contribution in [1.82, 2.24) is 15.5 Å². The van der Waals surface area contributed by atoms with Crippen LogP contribution in [0.3, 0.4) is 0 Å². The quantitative estimate of drug-likeness (QED) is 0.800. The predicted molar refractivity (Wildman–Crippen MR) is 82.2 cm³/mol. The number of amides is 4. The lowest BCUT2D eigenvalue weighted by Gasteiger charge is -2.32. The van der Waals surface area contributed by atoms with Crippen LogP contribution in [0.5, 0.6) is 0 Å². The Kier molecular flexibility index (Phi) is 5.57. The maximum atomic E-state index is 12.8. The number of hydrogen-bond donors (Lipinski definition) is 3. The van der Waals surface area contributed by atoms with E-state index in [1.807, 2.05) is 6.92 Å². The lowest BCUT2D eigenvalue weighted by atomic mass is 10.1. The zero-order valence-electron chi connectivity index (χ0n) is 12.6. The van der Waals surface area contributed by atoms with Gasteiger partial charge in [0.25, 0.3) is 0 Å². The van der Waals surface area contributed by atoms with Gasteiger partial charge in [-0.1, -0.05) is 0 Å². The van der Waals surface area contributed by atoms with Gasteiger partial charge in [0.15, 0.2) is 0 Å². The number of anilines is 1. The molecule has 22 heavy (non-hydrogen) atoms. The van der Waals surface area contributed by atoms with Crippen LogP contribution in [0.2, 0.25) is 0 Å². The summed E-state index contributed by atoms with van der Waals surface area (Å²) in [6.45, 7) is 3.73. The average molecular weight is 308 g/mol. The van der Waals surface area contributed by atoms with Crippen molar-refractivity contribution in [3.63, 3.8) is 0 Å². The van der Waals surface area contributed by atoms with Crippen molar-refractivity contribution >= 4 is 17.7 Å². The first kappa shape index (κ1) is 16.1. The van der Waals surface area contributed by atoms with Crippen LogP contribution in [-0.4, -0.2) is 42.6 Å². The van der Waals surface area contributed by atoms with Crippen molar-refractivity contribution in [2.45, 2.75) is 25.8 Å². The minimum atomic E-state index is -0.344. The van der Waals surface area contributed by atoms with E-state index in [4.69, 9.17) is 0 Å². The van der Waals surface area contributed by atoms with Gasteiger partial charge in [0, 0.05) is 31.4 Å². The van der Waals surface area contributed by atoms with Crippen molar-refractivity contribution in [1.29, 1.82) is 0 Å². The maximum absolute atomic E-state index is 12.8. The topological polar surface area (TPSA) is 73.5 Å². The minimum absolute atomic E-state index is 0.0334. The number of carbonyl (C=O) groups is 2. The Hall–Kier alpha value is -2.31. The van der Waals surface area contributed by atoms with Crippen LogP contribution in [-0.2, 0) is 0 Å². The predicted octanol–water partition coefficient (Wildman–Crippen LogP) is 2.14. The van der Waals surface area contributed by atoms with Crippen LogP contribution in [0.15, 0.2) is 24.3 Å². The first-order chi connectivity index (χ1) is 10.6. The Bertz CT molecular complexity index is 513. The second-order valence-corrected chi connectivity index (χ2v) is 5.20. The van der Waals surface area contributed by atoms with Crippen LogP contribution < -0.4 is 16.0 Å². The van der Waals surface area contributed by atoms with Crippen molar-refractivity contribution in [3.05, 3.63) is 30.1 Å². The monoisotopic (exact) mass is 308 g/mol. The van der Waals surface area contributed by atoms with Crippen LogP contribution in [0.25, 0.3) is 0 Å². The number of hydrogen-bond acceptors (Lipinski definition) is 2. The average Bonchev–Trinajstić information content (AvgIpc) is 2.50. The summed E-state index contributed by atoms with van der Waals surface area (Å²) in [5.41, 5.74) is 0.540. The number of nitrogens with one attached hydrogen (secondary N) is 3. The van der Waals surface area contributed by atoms with E-state index in [1.54, 1.807) is 4.90 Å². The van der Waals surface area contributed by atoms with Crippen molar-refractivity contribution in [2.75, 3.05) is 25.0 Å². The molecule has 0 spiro atoms. The molecule has 0 aliphatic carbocycles. The van der Waals surface area contributed by atoms with Gasteiger partial charge in [-0.25, -0.2) is 14.0 Å². The maximum Gasteiger partial charge on any atom is 0.319 e. The third-order valence-corrected chi connectivity index (χ3v) is 3.55. The Morgan fingerprint density at radius 3 is 2.45 bits per heavy atom. The van der Waals surface area contributed by atoms with E-state index in [2.05, 4.69) is 16.0 Å². The molecule has 0 saturated carbocycles. The Morgan fingerprint density at radius 1 is 1.23 bits per heavy atom. The summed E-state index contributed by atoms with van der Waals surface area (Å²) in [5.74, 6) is -0.344. The molecule has 1 aliphatic heterocycles. The van der Waals surface area contributed by atoms with Gasteiger partial charge in [-0.05, 0) is 44.0 Å². The summed E-state index contributed by atoms with van der Waals surface area (Å²) < 4.78 is 12.8. The molecule has 120 valence electrons. The molecule has 1 aliphatic rings. The van der Waals surface area contributed by atoms with E-state index < -0.39 is 0 Å². The lowest BCUT2D eigenvalue weighted by molar-refractivity contribution is 0.177. The number of benzene rings is 1. The Balaban J connectivity index is 1.74. The zero-order valence-corrected chi connectivity index (χ0v) is 12.6. The molecule has 1 saturated heterocycles. The Morgan fingerprint density at radius 2 is 1.86 bits per heavy atom. The standard InChI is InChI=1S/C15H21FN4O2/c1-2-17-15(22)20-9-7-13(8-10-20)19-14(21)18-12-5-3-11(16)4-6-12/h3-6,13H,2,7-10H2,1H3,(H,17,22)(H2,18,19,21). The van der Waals surface area contributed by atoms with Gasteiger partial charge in [-0.3, -0.25) is 0 Å². The number of carbonyl (C=O) groups excluding carboxylic acids is 2. The first-order valence-electron chi connectivity index (χ1n) is 7.44. The van der Waals surface area contributed by atoms with Gasteiger partial charge in [-0.15, -0.1) is 0 Å². The van der Waals surface area contributed by atoms with E-state index in [1.165, 1.54) is 24.3 Å². The second-order valence-electron chi connectivity index (χ2n) is 5.20. The Labute approximate surface area is 129 Å². The number of nitrogens with zero attached hydrogens (tertiary/aromatic N) is 1. The van der Waals surface area contributed by atoms with E-state index in [0.29, 0.717) is 38.2 Å². The molecule has 0 bridgehead atoms. The molecule has 0 unspecified atom stereocenters. The smallest absolute Gasteiger partial charge is 0.319 e. The molecule has 1 aromatic carbocycles. The second kappa shape index (κ2) is 7.63. The molecule has 6 nitrogen and oxygen atoms in total. The van der Waals surface area contributed by atoms with Gasteiger partial charge >= 0.3 is 12.1 Å². The summed E-state index contributed by atoms with van der Waals surface area (Å²) >= 11 is 0. The van der Waals surface area contributed by atoms with Gasteiger partial charge in [0.05, 0.1) is 0 Å². The van der Waals surface area contributed by atoms with Gasteiger partial charge in [0.2, 0.25) is 0 Å².